The Balaban J connectivity index is 1.50. The maximum atomic E-state index is 13.7. The van der Waals surface area contributed by atoms with Gasteiger partial charge >= 0.3 is 0 Å². The molecule has 1 N–H and O–H groups in total. The molecule has 126 valence electrons. The number of aryl methyl sites for hydroxylation is 1. The Morgan fingerprint density at radius 1 is 1.17 bits per heavy atom. The molecule has 4 heteroatoms. The topological polar surface area (TPSA) is 28.2 Å². The van der Waals surface area contributed by atoms with Crippen molar-refractivity contribution in [2.45, 2.75) is 38.8 Å². The first-order chi connectivity index (χ1) is 11.6. The Bertz CT molecular complexity index is 718. The zero-order valence-corrected chi connectivity index (χ0v) is 14.3. The molecule has 0 aliphatic carbocycles. The lowest BCUT2D eigenvalue weighted by Crippen LogP contribution is -2.59. The standard InChI is InChI=1S/C20H24FN3/c1-13-3-4-16(11-18(13)21)19-6-5-17(12-22-19)23-20-14(2)24-9-7-15(20)8-10-24/h3-6,11-12,14-15,20,23H,7-10H2,1-2H3. The molecule has 3 aliphatic rings. The minimum absolute atomic E-state index is 0.183. The molecule has 2 aromatic rings. The van der Waals surface area contributed by atoms with Gasteiger partial charge in [0.1, 0.15) is 5.82 Å². The molecule has 1 aromatic carbocycles. The molecule has 5 rings (SSSR count). The number of halogens is 1. The number of fused-ring (bicyclic) bond motifs is 3. The number of aromatic nitrogens is 1. The lowest BCUT2D eigenvalue weighted by molar-refractivity contribution is 0.0458. The summed E-state index contributed by atoms with van der Waals surface area (Å²) in [7, 11) is 0. The van der Waals surface area contributed by atoms with Crippen LogP contribution in [0.25, 0.3) is 11.3 Å². The minimum Gasteiger partial charge on any atom is -0.379 e. The first kappa shape index (κ1) is 15.6. The van der Waals surface area contributed by atoms with E-state index in [0.29, 0.717) is 17.6 Å². The number of rotatable bonds is 3. The number of nitrogens with one attached hydrogen (secondary N) is 1. The van der Waals surface area contributed by atoms with E-state index in [1.165, 1.54) is 25.9 Å². The molecule has 0 spiro atoms. The van der Waals surface area contributed by atoms with Gasteiger partial charge in [0.15, 0.2) is 0 Å². The molecule has 3 saturated heterocycles. The predicted molar refractivity (Wildman–Crippen MR) is 95.5 cm³/mol. The third-order valence-electron chi connectivity index (χ3n) is 5.74. The van der Waals surface area contributed by atoms with Crippen molar-refractivity contribution in [3.63, 3.8) is 0 Å². The van der Waals surface area contributed by atoms with Gasteiger partial charge in [-0.1, -0.05) is 12.1 Å². The largest absolute Gasteiger partial charge is 0.379 e. The Morgan fingerprint density at radius 2 is 1.96 bits per heavy atom. The summed E-state index contributed by atoms with van der Waals surface area (Å²) < 4.78 is 13.7. The van der Waals surface area contributed by atoms with Crippen LogP contribution in [0.1, 0.15) is 25.3 Å². The van der Waals surface area contributed by atoms with Crippen LogP contribution >= 0.6 is 0 Å². The number of piperidine rings is 3. The smallest absolute Gasteiger partial charge is 0.126 e. The van der Waals surface area contributed by atoms with Crippen molar-refractivity contribution in [3.8, 4) is 11.3 Å². The second kappa shape index (κ2) is 6.17. The predicted octanol–water partition coefficient (Wildman–Crippen LogP) is 4.09. The minimum atomic E-state index is -0.183. The maximum absolute atomic E-state index is 13.7. The fourth-order valence-electron chi connectivity index (χ4n) is 4.14. The highest BCUT2D eigenvalue weighted by Crippen LogP contribution is 2.34. The van der Waals surface area contributed by atoms with Crippen molar-refractivity contribution in [2.75, 3.05) is 18.4 Å². The molecular weight excluding hydrogens is 301 g/mol. The SMILES string of the molecule is Cc1ccc(-c2ccc(NC3C4CCN(CC4)C3C)cn2)cc1F. The van der Waals surface area contributed by atoms with Gasteiger partial charge in [0.05, 0.1) is 17.6 Å². The summed E-state index contributed by atoms with van der Waals surface area (Å²) in [6, 6.07) is 10.4. The summed E-state index contributed by atoms with van der Waals surface area (Å²) in [4.78, 5) is 7.11. The second-order valence-corrected chi connectivity index (χ2v) is 7.18. The fourth-order valence-corrected chi connectivity index (χ4v) is 4.14. The number of benzene rings is 1. The molecule has 3 aliphatic heterocycles. The second-order valence-electron chi connectivity index (χ2n) is 7.18. The molecule has 2 bridgehead atoms. The number of pyridine rings is 1. The van der Waals surface area contributed by atoms with Crippen molar-refractivity contribution < 1.29 is 4.39 Å². The molecule has 0 amide bonds. The molecule has 2 unspecified atom stereocenters. The quantitative estimate of drug-likeness (QED) is 0.921. The van der Waals surface area contributed by atoms with Gasteiger partial charge in [-0.05, 0) is 69.5 Å². The summed E-state index contributed by atoms with van der Waals surface area (Å²) >= 11 is 0. The van der Waals surface area contributed by atoms with E-state index < -0.39 is 0 Å². The zero-order valence-electron chi connectivity index (χ0n) is 14.3. The number of anilines is 1. The van der Waals surface area contributed by atoms with Gasteiger partial charge in [0.25, 0.3) is 0 Å². The molecular formula is C20H24FN3. The van der Waals surface area contributed by atoms with Crippen LogP contribution in [-0.2, 0) is 0 Å². The Labute approximate surface area is 142 Å². The van der Waals surface area contributed by atoms with Gasteiger partial charge in [-0.3, -0.25) is 9.88 Å². The van der Waals surface area contributed by atoms with E-state index in [1.807, 2.05) is 18.3 Å². The van der Waals surface area contributed by atoms with Gasteiger partial charge in [-0.25, -0.2) is 4.39 Å². The highest BCUT2D eigenvalue weighted by molar-refractivity contribution is 5.61. The van der Waals surface area contributed by atoms with Crippen molar-refractivity contribution in [3.05, 3.63) is 47.9 Å². The van der Waals surface area contributed by atoms with Crippen LogP contribution in [0.3, 0.4) is 0 Å². The van der Waals surface area contributed by atoms with Crippen molar-refractivity contribution >= 4 is 5.69 Å². The maximum Gasteiger partial charge on any atom is 0.126 e. The van der Waals surface area contributed by atoms with Crippen LogP contribution in [0.15, 0.2) is 36.5 Å². The van der Waals surface area contributed by atoms with Crippen LogP contribution in [0.5, 0.6) is 0 Å². The Hall–Kier alpha value is -1.94. The number of nitrogens with zero attached hydrogens (tertiary/aromatic N) is 2. The van der Waals surface area contributed by atoms with E-state index in [0.717, 1.165) is 22.9 Å². The van der Waals surface area contributed by atoms with Gasteiger partial charge in [-0.2, -0.15) is 0 Å². The van der Waals surface area contributed by atoms with Crippen LogP contribution in [0.4, 0.5) is 10.1 Å². The van der Waals surface area contributed by atoms with Crippen molar-refractivity contribution in [1.29, 1.82) is 0 Å². The summed E-state index contributed by atoms with van der Waals surface area (Å²) in [5, 5.41) is 3.68. The number of hydrogen-bond donors (Lipinski definition) is 1. The van der Waals surface area contributed by atoms with Gasteiger partial charge in [0.2, 0.25) is 0 Å². The van der Waals surface area contributed by atoms with Crippen LogP contribution in [-0.4, -0.2) is 35.1 Å². The van der Waals surface area contributed by atoms with Crippen LogP contribution in [0, 0.1) is 18.7 Å². The third kappa shape index (κ3) is 2.80. The molecule has 4 heterocycles. The number of hydrogen-bond acceptors (Lipinski definition) is 3. The highest BCUT2D eigenvalue weighted by Gasteiger charge is 2.39. The third-order valence-corrected chi connectivity index (χ3v) is 5.74. The van der Waals surface area contributed by atoms with Crippen molar-refractivity contribution in [1.82, 2.24) is 9.88 Å². The highest BCUT2D eigenvalue weighted by atomic mass is 19.1. The molecule has 1 aromatic heterocycles. The summed E-state index contributed by atoms with van der Waals surface area (Å²) in [6.45, 7) is 6.56. The lowest BCUT2D eigenvalue weighted by Gasteiger charge is -2.50. The Morgan fingerprint density at radius 3 is 2.58 bits per heavy atom. The summed E-state index contributed by atoms with van der Waals surface area (Å²) in [5.74, 6) is 0.577. The summed E-state index contributed by atoms with van der Waals surface area (Å²) in [6.07, 6.45) is 4.45. The fraction of sp³-hybridized carbons (Fsp3) is 0.450. The first-order valence-electron chi connectivity index (χ1n) is 8.85. The molecule has 0 saturated carbocycles. The van der Waals surface area contributed by atoms with Crippen LogP contribution < -0.4 is 5.32 Å². The zero-order chi connectivity index (χ0) is 16.7. The lowest BCUT2D eigenvalue weighted by atomic mass is 9.79. The average molecular weight is 325 g/mol. The van der Waals surface area contributed by atoms with E-state index in [1.54, 1.807) is 19.1 Å². The monoisotopic (exact) mass is 325 g/mol. The van der Waals surface area contributed by atoms with Crippen LogP contribution in [0.2, 0.25) is 0 Å². The van der Waals surface area contributed by atoms with Gasteiger partial charge < -0.3 is 5.32 Å². The van der Waals surface area contributed by atoms with E-state index in [-0.39, 0.29) is 5.82 Å². The molecule has 2 atom stereocenters. The molecule has 3 fully saturated rings. The average Bonchev–Trinajstić information content (AvgIpc) is 2.61. The van der Waals surface area contributed by atoms with Gasteiger partial charge in [-0.15, -0.1) is 0 Å². The molecule has 24 heavy (non-hydrogen) atoms. The summed E-state index contributed by atoms with van der Waals surface area (Å²) in [5.41, 5.74) is 3.34. The molecule has 3 nitrogen and oxygen atoms in total. The normalized spacial score (nSPS) is 28.8. The Kier molecular flexibility index (Phi) is 4.01. The van der Waals surface area contributed by atoms with Crippen molar-refractivity contribution in [2.24, 2.45) is 5.92 Å². The first-order valence-corrected chi connectivity index (χ1v) is 8.85. The van der Waals surface area contributed by atoms with E-state index in [4.69, 9.17) is 0 Å². The van der Waals surface area contributed by atoms with Gasteiger partial charge in [0, 0.05) is 17.6 Å². The molecule has 0 radical (unpaired) electrons. The van der Waals surface area contributed by atoms with E-state index in [9.17, 15) is 4.39 Å². The van der Waals surface area contributed by atoms with E-state index in [2.05, 4.69) is 28.2 Å². The van der Waals surface area contributed by atoms with E-state index >= 15 is 0 Å².